The summed E-state index contributed by atoms with van der Waals surface area (Å²) in [6, 6.07) is 24.1. The molecule has 0 aliphatic rings. The molecule has 0 saturated heterocycles. The summed E-state index contributed by atoms with van der Waals surface area (Å²) in [6.45, 7) is 2.04. The average Bonchev–Trinajstić information content (AvgIpc) is 3.18. The van der Waals surface area contributed by atoms with Gasteiger partial charge in [-0.1, -0.05) is 29.8 Å². The van der Waals surface area contributed by atoms with Gasteiger partial charge in [0.15, 0.2) is 0 Å². The van der Waals surface area contributed by atoms with Crippen molar-refractivity contribution in [3.8, 4) is 0 Å². The number of hydrogen-bond acceptors (Lipinski definition) is 4. The summed E-state index contributed by atoms with van der Waals surface area (Å²) in [5.41, 5.74) is 5.07. The molecule has 3 heterocycles. The second kappa shape index (κ2) is 9.37. The predicted octanol–water partition coefficient (Wildman–Crippen LogP) is 6.37. The first-order valence-corrected chi connectivity index (χ1v) is 11.2. The lowest BCUT2D eigenvalue weighted by molar-refractivity contribution is 0.102. The van der Waals surface area contributed by atoms with Gasteiger partial charge in [-0.25, -0.2) is 4.98 Å². The van der Waals surface area contributed by atoms with E-state index in [-0.39, 0.29) is 11.9 Å². The average molecular weight is 468 g/mol. The Morgan fingerprint density at radius 3 is 2.50 bits per heavy atom. The van der Waals surface area contributed by atoms with Gasteiger partial charge in [0.05, 0.1) is 11.7 Å². The largest absolute Gasteiger partial charge is 0.358 e. The molecule has 0 saturated carbocycles. The monoisotopic (exact) mass is 467 g/mol. The first-order chi connectivity index (χ1) is 16.6. The number of anilines is 2. The van der Waals surface area contributed by atoms with Gasteiger partial charge in [-0.3, -0.25) is 9.78 Å². The number of pyridine rings is 2. The van der Waals surface area contributed by atoms with Gasteiger partial charge in [0.2, 0.25) is 0 Å². The third kappa shape index (κ3) is 4.49. The molecular weight excluding hydrogens is 446 g/mol. The highest BCUT2D eigenvalue weighted by atomic mass is 35.5. The van der Waals surface area contributed by atoms with E-state index in [9.17, 15) is 4.79 Å². The molecule has 0 radical (unpaired) electrons. The first-order valence-electron chi connectivity index (χ1n) is 10.9. The molecule has 0 unspecified atom stereocenters. The lowest BCUT2D eigenvalue weighted by Gasteiger charge is -2.20. The number of aromatic amines is 1. The van der Waals surface area contributed by atoms with Crippen LogP contribution in [0.4, 0.5) is 11.5 Å². The van der Waals surface area contributed by atoms with Gasteiger partial charge in [0.25, 0.3) is 5.91 Å². The van der Waals surface area contributed by atoms with Crippen molar-refractivity contribution in [1.82, 2.24) is 15.0 Å². The van der Waals surface area contributed by atoms with E-state index in [1.165, 1.54) is 0 Å². The molecular formula is C27H22ClN5O. The zero-order chi connectivity index (χ0) is 23.5. The molecule has 3 N–H and O–H groups in total. The fourth-order valence-corrected chi connectivity index (χ4v) is 4.26. The molecule has 6 nitrogen and oxygen atoms in total. The van der Waals surface area contributed by atoms with E-state index in [0.717, 1.165) is 33.7 Å². The Labute approximate surface area is 202 Å². The zero-order valence-electron chi connectivity index (χ0n) is 18.4. The number of aromatic nitrogens is 3. The van der Waals surface area contributed by atoms with Crippen LogP contribution in [0.15, 0.2) is 91.3 Å². The van der Waals surface area contributed by atoms with Crippen LogP contribution in [0.25, 0.3) is 10.9 Å². The molecule has 0 aliphatic carbocycles. The van der Waals surface area contributed by atoms with Crippen LogP contribution < -0.4 is 10.6 Å². The van der Waals surface area contributed by atoms with Crippen molar-refractivity contribution < 1.29 is 4.79 Å². The van der Waals surface area contributed by atoms with Crippen LogP contribution in [0.5, 0.6) is 0 Å². The number of H-pyrrole nitrogens is 1. The van der Waals surface area contributed by atoms with Crippen molar-refractivity contribution in [1.29, 1.82) is 0 Å². The summed E-state index contributed by atoms with van der Waals surface area (Å²) < 4.78 is 0. The first kappa shape index (κ1) is 21.7. The molecule has 1 amide bonds. The van der Waals surface area contributed by atoms with Gasteiger partial charge < -0.3 is 15.6 Å². The highest BCUT2D eigenvalue weighted by molar-refractivity contribution is 6.31. The van der Waals surface area contributed by atoms with E-state index in [1.54, 1.807) is 36.7 Å². The minimum atomic E-state index is -0.247. The van der Waals surface area contributed by atoms with Crippen molar-refractivity contribution in [3.05, 3.63) is 119 Å². The van der Waals surface area contributed by atoms with E-state index in [2.05, 4.69) is 25.6 Å². The van der Waals surface area contributed by atoms with E-state index >= 15 is 0 Å². The van der Waals surface area contributed by atoms with Crippen LogP contribution in [-0.2, 0) is 0 Å². The van der Waals surface area contributed by atoms with Crippen LogP contribution in [-0.4, -0.2) is 20.9 Å². The smallest absolute Gasteiger partial charge is 0.255 e. The van der Waals surface area contributed by atoms with Crippen molar-refractivity contribution in [2.45, 2.75) is 13.0 Å². The van der Waals surface area contributed by atoms with Crippen molar-refractivity contribution >= 4 is 39.9 Å². The number of aryl methyl sites for hydroxylation is 1. The Hall–Kier alpha value is -4.16. The molecule has 0 bridgehead atoms. The van der Waals surface area contributed by atoms with E-state index in [0.29, 0.717) is 16.3 Å². The maximum Gasteiger partial charge on any atom is 0.255 e. The lowest BCUT2D eigenvalue weighted by atomic mass is 9.99. The SMILES string of the molecule is Cc1[nH]c2ccc(NC(=O)c3cccc(Cl)c3)cc2c1[C@H](Nc1ccccn1)c1ccccn1. The Morgan fingerprint density at radius 1 is 0.941 bits per heavy atom. The lowest BCUT2D eigenvalue weighted by Crippen LogP contribution is -2.15. The molecule has 2 aromatic carbocycles. The van der Waals surface area contributed by atoms with Crippen molar-refractivity contribution in [2.75, 3.05) is 10.6 Å². The minimum Gasteiger partial charge on any atom is -0.358 e. The quantitative estimate of drug-likeness (QED) is 0.271. The number of amides is 1. The van der Waals surface area contributed by atoms with Gasteiger partial charge in [-0.05, 0) is 67.6 Å². The van der Waals surface area contributed by atoms with Gasteiger partial charge >= 0.3 is 0 Å². The van der Waals surface area contributed by atoms with Crippen LogP contribution in [0, 0.1) is 6.92 Å². The fraction of sp³-hybridized carbons (Fsp3) is 0.0741. The second-order valence-corrected chi connectivity index (χ2v) is 8.37. The molecule has 0 fully saturated rings. The standard InChI is InChI=1S/C27H22ClN5O/c1-17-25(26(23-9-2-4-13-29-23)33-24-10-3-5-14-30-24)21-16-20(11-12-22(21)31-17)32-27(34)18-7-6-8-19(28)15-18/h2-16,26,31H,1H3,(H,30,33)(H,32,34)/t26-/m1/s1. The summed E-state index contributed by atoms with van der Waals surface area (Å²) in [5.74, 6) is 0.529. The Bertz CT molecular complexity index is 1450. The molecule has 34 heavy (non-hydrogen) atoms. The predicted molar refractivity (Wildman–Crippen MR) is 136 cm³/mol. The highest BCUT2D eigenvalue weighted by Crippen LogP contribution is 2.35. The second-order valence-electron chi connectivity index (χ2n) is 7.94. The maximum atomic E-state index is 12.8. The number of hydrogen-bond donors (Lipinski definition) is 3. The van der Waals surface area contributed by atoms with Gasteiger partial charge in [-0.2, -0.15) is 0 Å². The fourth-order valence-electron chi connectivity index (χ4n) is 4.07. The molecule has 168 valence electrons. The van der Waals surface area contributed by atoms with Crippen LogP contribution >= 0.6 is 11.6 Å². The molecule has 5 aromatic rings. The summed E-state index contributed by atoms with van der Waals surface area (Å²) in [5, 5.41) is 8.02. The topological polar surface area (TPSA) is 82.7 Å². The highest BCUT2D eigenvalue weighted by Gasteiger charge is 2.23. The third-order valence-corrected chi connectivity index (χ3v) is 5.85. The maximum absolute atomic E-state index is 12.8. The van der Waals surface area contributed by atoms with Crippen molar-refractivity contribution in [3.63, 3.8) is 0 Å². The summed E-state index contributed by atoms with van der Waals surface area (Å²) in [4.78, 5) is 25.3. The molecule has 7 heteroatoms. The molecule has 1 atom stereocenters. The number of nitrogens with one attached hydrogen (secondary N) is 3. The molecule has 3 aromatic heterocycles. The number of rotatable bonds is 6. The number of carbonyl (C=O) groups excluding carboxylic acids is 1. The Morgan fingerprint density at radius 2 is 1.76 bits per heavy atom. The zero-order valence-corrected chi connectivity index (χ0v) is 19.2. The van der Waals surface area contributed by atoms with E-state index in [4.69, 9.17) is 11.6 Å². The van der Waals surface area contributed by atoms with Gasteiger partial charge in [0.1, 0.15) is 5.82 Å². The van der Waals surface area contributed by atoms with Crippen LogP contribution in [0.2, 0.25) is 5.02 Å². The van der Waals surface area contributed by atoms with Gasteiger partial charge in [-0.15, -0.1) is 0 Å². The third-order valence-electron chi connectivity index (χ3n) is 5.61. The summed E-state index contributed by atoms with van der Waals surface area (Å²) in [6.07, 6.45) is 3.53. The number of benzene rings is 2. The van der Waals surface area contributed by atoms with Crippen molar-refractivity contribution in [2.24, 2.45) is 0 Å². The minimum absolute atomic E-state index is 0.219. The molecule has 0 spiro atoms. The number of fused-ring (bicyclic) bond motifs is 1. The summed E-state index contributed by atoms with van der Waals surface area (Å²) in [7, 11) is 0. The molecule has 0 aliphatic heterocycles. The van der Waals surface area contributed by atoms with E-state index in [1.807, 2.05) is 61.5 Å². The number of nitrogens with zero attached hydrogens (tertiary/aromatic N) is 2. The Balaban J connectivity index is 1.55. The number of halogens is 1. The summed E-state index contributed by atoms with van der Waals surface area (Å²) >= 11 is 6.05. The van der Waals surface area contributed by atoms with Crippen LogP contribution in [0.3, 0.4) is 0 Å². The normalized spacial score (nSPS) is 11.8. The van der Waals surface area contributed by atoms with E-state index < -0.39 is 0 Å². The Kier molecular flexibility index (Phi) is 5.97. The number of carbonyl (C=O) groups is 1. The molecule has 5 rings (SSSR count). The van der Waals surface area contributed by atoms with Crippen LogP contribution in [0.1, 0.15) is 33.4 Å². The van der Waals surface area contributed by atoms with Gasteiger partial charge in [0, 0.05) is 50.8 Å².